The van der Waals surface area contributed by atoms with Crippen molar-refractivity contribution in [3.8, 4) is 11.1 Å². The molecule has 2 aromatic carbocycles. The molecule has 4 nitrogen and oxygen atoms in total. The Balaban J connectivity index is 1.50. The van der Waals surface area contributed by atoms with E-state index >= 15 is 0 Å². The van der Waals surface area contributed by atoms with E-state index in [1.165, 1.54) is 0 Å². The second-order valence-corrected chi connectivity index (χ2v) is 10.3. The maximum atomic E-state index is 14.6. The first kappa shape index (κ1) is 25.6. The maximum Gasteiger partial charge on any atom is 0.252 e. The summed E-state index contributed by atoms with van der Waals surface area (Å²) in [5.74, 6) is -1.40. The molecule has 7 heteroatoms. The molecular weight excluding hydrogens is 492 g/mol. The molecule has 5 rings (SSSR count). The summed E-state index contributed by atoms with van der Waals surface area (Å²) in [6.07, 6.45) is 7.12. The Labute approximate surface area is 221 Å². The lowest BCUT2D eigenvalue weighted by molar-refractivity contribution is -0.130. The Hall–Kier alpha value is -3.09. The molecule has 1 fully saturated rings. The van der Waals surface area contributed by atoms with Crippen LogP contribution in [0, 0.1) is 18.6 Å². The molecule has 0 spiro atoms. The minimum atomic E-state index is -0.605. The van der Waals surface area contributed by atoms with Crippen LogP contribution in [0.15, 0.2) is 60.4 Å². The highest BCUT2D eigenvalue weighted by Gasteiger charge is 2.36. The first-order valence-electron chi connectivity index (χ1n) is 12.7. The van der Waals surface area contributed by atoms with Crippen LogP contribution in [0.3, 0.4) is 0 Å². The Morgan fingerprint density at radius 3 is 2.41 bits per heavy atom. The normalized spacial score (nSPS) is 19.2. The first-order valence-corrected chi connectivity index (χ1v) is 13.1. The van der Waals surface area contributed by atoms with Gasteiger partial charge in [-0.1, -0.05) is 23.7 Å². The number of hydrogen-bond acceptors (Lipinski definition) is 3. The van der Waals surface area contributed by atoms with Crippen molar-refractivity contribution in [2.75, 3.05) is 7.05 Å². The molecule has 2 aliphatic carbocycles. The first-order chi connectivity index (χ1) is 17.9. The summed E-state index contributed by atoms with van der Waals surface area (Å²) in [6, 6.07) is 12.8. The zero-order valence-corrected chi connectivity index (χ0v) is 21.8. The predicted octanol–water partition coefficient (Wildman–Crippen LogP) is 6.40. The van der Waals surface area contributed by atoms with Crippen LogP contribution in [0.2, 0.25) is 0 Å². The van der Waals surface area contributed by atoms with Gasteiger partial charge in [0.05, 0.1) is 5.03 Å². The van der Waals surface area contributed by atoms with Gasteiger partial charge in [-0.15, -0.1) is 0 Å². The third-order valence-electron chi connectivity index (χ3n) is 7.81. The van der Waals surface area contributed by atoms with E-state index in [0.29, 0.717) is 12.6 Å². The lowest BCUT2D eigenvalue weighted by Crippen LogP contribution is -2.45. The molecular formula is C30H30ClF2N3O. The molecule has 1 N–H and O–H groups in total. The van der Waals surface area contributed by atoms with Crippen LogP contribution in [-0.4, -0.2) is 34.9 Å². The number of benzene rings is 2. The number of aryl methyl sites for hydroxylation is 1. The van der Waals surface area contributed by atoms with Crippen molar-refractivity contribution >= 4 is 22.5 Å². The van der Waals surface area contributed by atoms with E-state index in [0.717, 1.165) is 60.1 Å². The largest absolute Gasteiger partial charge is 0.332 e. The van der Waals surface area contributed by atoms with Crippen molar-refractivity contribution in [1.82, 2.24) is 15.2 Å². The number of carbonyl (C=O) groups excluding carboxylic acids is 1. The van der Waals surface area contributed by atoms with Crippen molar-refractivity contribution in [1.29, 1.82) is 0 Å². The van der Waals surface area contributed by atoms with Gasteiger partial charge in [-0.05, 0) is 92.2 Å². The molecule has 37 heavy (non-hydrogen) atoms. The van der Waals surface area contributed by atoms with Crippen LogP contribution in [0.1, 0.15) is 47.9 Å². The Morgan fingerprint density at radius 2 is 1.73 bits per heavy atom. The number of amides is 1. The van der Waals surface area contributed by atoms with Crippen LogP contribution in [-0.2, 0) is 17.8 Å². The minimum Gasteiger partial charge on any atom is -0.332 e. The highest BCUT2D eigenvalue weighted by atomic mass is 35.5. The average molecular weight is 522 g/mol. The third-order valence-corrected chi connectivity index (χ3v) is 8.23. The van der Waals surface area contributed by atoms with Gasteiger partial charge >= 0.3 is 0 Å². The molecule has 0 saturated heterocycles. The smallest absolute Gasteiger partial charge is 0.252 e. The zero-order valence-electron chi connectivity index (χ0n) is 21.0. The van der Waals surface area contributed by atoms with Crippen LogP contribution < -0.4 is 5.32 Å². The zero-order chi connectivity index (χ0) is 26.1. The van der Waals surface area contributed by atoms with Gasteiger partial charge in [-0.25, -0.2) is 8.78 Å². The van der Waals surface area contributed by atoms with Crippen molar-refractivity contribution in [3.05, 3.63) is 94.3 Å². The van der Waals surface area contributed by atoms with Gasteiger partial charge in [0, 0.05) is 54.1 Å². The number of rotatable bonds is 6. The summed E-state index contributed by atoms with van der Waals surface area (Å²) in [4.78, 5) is 20.1. The topological polar surface area (TPSA) is 45.2 Å². The average Bonchev–Trinajstić information content (AvgIpc) is 3.29. The Morgan fingerprint density at radius 1 is 1.03 bits per heavy atom. The number of halogens is 3. The number of hydrogen-bond donors (Lipinski definition) is 1. The summed E-state index contributed by atoms with van der Waals surface area (Å²) in [5.41, 5.74) is 4.63. The Bertz CT molecular complexity index is 1350. The molecule has 1 aromatic heterocycles. The molecule has 0 radical (unpaired) electrons. The molecule has 0 aliphatic heterocycles. The fourth-order valence-electron chi connectivity index (χ4n) is 5.54. The molecule has 3 aromatic rings. The lowest BCUT2D eigenvalue weighted by atomic mass is 9.89. The van der Waals surface area contributed by atoms with Gasteiger partial charge in [-0.3, -0.25) is 9.78 Å². The molecule has 1 heterocycles. The van der Waals surface area contributed by atoms with Gasteiger partial charge in [0.2, 0.25) is 0 Å². The van der Waals surface area contributed by atoms with Crippen LogP contribution in [0.5, 0.6) is 0 Å². The predicted molar refractivity (Wildman–Crippen MR) is 143 cm³/mol. The molecule has 1 saturated carbocycles. The fourth-order valence-corrected chi connectivity index (χ4v) is 5.90. The highest BCUT2D eigenvalue weighted by molar-refractivity contribution is 6.52. The lowest BCUT2D eigenvalue weighted by Gasteiger charge is -2.37. The summed E-state index contributed by atoms with van der Waals surface area (Å²) in [5, 5.41) is 3.36. The Kier molecular flexibility index (Phi) is 7.40. The van der Waals surface area contributed by atoms with E-state index in [9.17, 15) is 13.6 Å². The van der Waals surface area contributed by atoms with Crippen molar-refractivity contribution in [3.63, 3.8) is 0 Å². The monoisotopic (exact) mass is 521 g/mol. The molecule has 0 unspecified atom stereocenters. The summed E-state index contributed by atoms with van der Waals surface area (Å²) >= 11 is 6.56. The van der Waals surface area contributed by atoms with E-state index in [4.69, 9.17) is 11.6 Å². The fraction of sp³-hybridized carbons (Fsp3) is 0.333. The number of pyridine rings is 1. The van der Waals surface area contributed by atoms with Gasteiger partial charge < -0.3 is 10.2 Å². The number of nitrogens with zero attached hydrogens (tertiary/aromatic N) is 2. The van der Waals surface area contributed by atoms with E-state index in [1.54, 1.807) is 12.4 Å². The number of aromatic nitrogens is 1. The second-order valence-electron chi connectivity index (χ2n) is 9.96. The SMILES string of the molecule is CNC1CCC(N(Cc2cc(-c3ccncc3)ccc2C)C(=O)C2=C(Cl)c3c(F)ccc(F)c3C2)CC1. The highest BCUT2D eigenvalue weighted by Crippen LogP contribution is 2.40. The van der Waals surface area contributed by atoms with Crippen LogP contribution in [0.4, 0.5) is 8.78 Å². The quantitative estimate of drug-likeness (QED) is 0.408. The van der Waals surface area contributed by atoms with Gasteiger partial charge in [0.25, 0.3) is 5.91 Å². The van der Waals surface area contributed by atoms with Crippen molar-refractivity contribution < 1.29 is 13.6 Å². The van der Waals surface area contributed by atoms with Gasteiger partial charge in [0.1, 0.15) is 11.6 Å². The van der Waals surface area contributed by atoms with E-state index < -0.39 is 11.6 Å². The summed E-state index contributed by atoms with van der Waals surface area (Å²) in [6.45, 7) is 2.43. The molecule has 0 atom stereocenters. The standard InChI is InChI=1S/C30H30ClF2N3O/c1-18-3-4-20(19-11-13-35-14-12-19)15-21(18)17-36(23-7-5-22(34-2)6-8-23)30(37)25-16-24-26(32)9-10-27(33)28(24)29(25)31/h3-4,9-15,22-23,34H,5-8,16-17H2,1-2H3. The van der Waals surface area contributed by atoms with Crippen LogP contribution in [0.25, 0.3) is 16.2 Å². The van der Waals surface area contributed by atoms with Crippen LogP contribution >= 0.6 is 11.6 Å². The minimum absolute atomic E-state index is 0.00497. The van der Waals surface area contributed by atoms with Gasteiger partial charge in [0.15, 0.2) is 0 Å². The van der Waals surface area contributed by atoms with Crippen molar-refractivity contribution in [2.45, 2.75) is 57.7 Å². The summed E-state index contributed by atoms with van der Waals surface area (Å²) in [7, 11) is 1.96. The third kappa shape index (κ3) is 5.05. The second kappa shape index (κ2) is 10.7. The van der Waals surface area contributed by atoms with E-state index in [2.05, 4.69) is 28.5 Å². The molecule has 2 aliphatic rings. The van der Waals surface area contributed by atoms with Crippen molar-refractivity contribution in [2.24, 2.45) is 0 Å². The number of fused-ring (bicyclic) bond motifs is 1. The number of carbonyl (C=O) groups is 1. The summed E-state index contributed by atoms with van der Waals surface area (Å²) < 4.78 is 29.1. The molecule has 0 bridgehead atoms. The van der Waals surface area contributed by atoms with E-state index in [-0.39, 0.29) is 40.1 Å². The molecule has 1 amide bonds. The van der Waals surface area contributed by atoms with E-state index in [1.807, 2.05) is 31.0 Å². The number of nitrogens with one attached hydrogen (secondary N) is 1. The maximum absolute atomic E-state index is 14.6. The van der Waals surface area contributed by atoms with Gasteiger partial charge in [-0.2, -0.15) is 0 Å². The molecule has 192 valence electrons.